The van der Waals surface area contributed by atoms with E-state index in [4.69, 9.17) is 9.47 Å². The first kappa shape index (κ1) is 16.6. The Balaban J connectivity index is 2.23. The zero-order valence-corrected chi connectivity index (χ0v) is 12.4. The molecule has 0 radical (unpaired) electrons. The Kier molecular flexibility index (Phi) is 8.59. The summed E-state index contributed by atoms with van der Waals surface area (Å²) in [5.74, 6) is 0.0700. The number of carbonyl (C=O) groups is 1. The van der Waals surface area contributed by atoms with Crippen LogP contribution in [0.5, 0.6) is 0 Å². The van der Waals surface area contributed by atoms with Gasteiger partial charge in [0.25, 0.3) is 0 Å². The lowest BCUT2D eigenvalue weighted by Crippen LogP contribution is -2.14. The van der Waals surface area contributed by atoms with Crippen molar-refractivity contribution in [2.24, 2.45) is 0 Å². The molecule has 3 nitrogen and oxygen atoms in total. The first-order valence-corrected chi connectivity index (χ1v) is 7.12. The summed E-state index contributed by atoms with van der Waals surface area (Å²) in [6.45, 7) is 4.52. The number of carbonyl (C=O) groups excluding carboxylic acids is 1. The molecule has 0 amide bonds. The van der Waals surface area contributed by atoms with Crippen molar-refractivity contribution < 1.29 is 14.3 Å². The fourth-order valence-electron chi connectivity index (χ4n) is 1.86. The highest BCUT2D eigenvalue weighted by Gasteiger charge is 2.06. The molecule has 1 atom stereocenters. The second-order valence-electron chi connectivity index (χ2n) is 4.78. The Morgan fingerprint density at radius 2 is 2.05 bits per heavy atom. The first-order chi connectivity index (χ1) is 9.72. The number of benzene rings is 1. The van der Waals surface area contributed by atoms with Gasteiger partial charge in [-0.15, -0.1) is 0 Å². The van der Waals surface area contributed by atoms with Crippen LogP contribution in [-0.4, -0.2) is 18.7 Å². The Labute approximate surface area is 121 Å². The van der Waals surface area contributed by atoms with Crippen molar-refractivity contribution in [3.05, 3.63) is 48.0 Å². The largest absolute Gasteiger partial charge is 0.352 e. The molecule has 0 spiro atoms. The maximum absolute atomic E-state index is 10.8. The van der Waals surface area contributed by atoms with Crippen LogP contribution >= 0.6 is 0 Å². The Morgan fingerprint density at radius 1 is 1.30 bits per heavy atom. The van der Waals surface area contributed by atoms with E-state index >= 15 is 0 Å². The Bertz CT molecular complexity index is 398. The summed E-state index contributed by atoms with van der Waals surface area (Å²) in [6, 6.07) is 10.0. The highest BCUT2D eigenvalue weighted by Crippen LogP contribution is 2.09. The van der Waals surface area contributed by atoms with Crippen molar-refractivity contribution in [2.75, 3.05) is 6.79 Å². The van der Waals surface area contributed by atoms with Crippen LogP contribution in [-0.2, 0) is 20.9 Å². The molecule has 3 heteroatoms. The number of ether oxygens (including phenoxy) is 2. The average molecular weight is 276 g/mol. The molecule has 0 bridgehead atoms. The third-order valence-electron chi connectivity index (χ3n) is 2.86. The minimum Gasteiger partial charge on any atom is -0.352 e. The van der Waals surface area contributed by atoms with Gasteiger partial charge in [0, 0.05) is 0 Å². The van der Waals surface area contributed by atoms with Crippen molar-refractivity contribution in [2.45, 2.75) is 45.8 Å². The van der Waals surface area contributed by atoms with Crippen LogP contribution in [0.3, 0.4) is 0 Å². The van der Waals surface area contributed by atoms with E-state index in [0.29, 0.717) is 6.61 Å². The third-order valence-corrected chi connectivity index (χ3v) is 2.86. The fraction of sp³-hybridized carbons (Fsp3) is 0.471. The molecule has 0 aliphatic rings. The second kappa shape index (κ2) is 10.4. The van der Waals surface area contributed by atoms with Gasteiger partial charge in [0.15, 0.2) is 5.78 Å². The Hall–Kier alpha value is -1.45. The van der Waals surface area contributed by atoms with E-state index in [1.54, 1.807) is 13.0 Å². The maximum Gasteiger partial charge on any atom is 0.152 e. The van der Waals surface area contributed by atoms with E-state index in [9.17, 15) is 4.79 Å². The van der Waals surface area contributed by atoms with Gasteiger partial charge in [-0.3, -0.25) is 4.79 Å². The second-order valence-corrected chi connectivity index (χ2v) is 4.78. The van der Waals surface area contributed by atoms with E-state index < -0.39 is 0 Å². The van der Waals surface area contributed by atoms with Crippen LogP contribution in [0.1, 0.15) is 38.7 Å². The highest BCUT2D eigenvalue weighted by atomic mass is 16.7. The molecule has 0 fully saturated rings. The van der Waals surface area contributed by atoms with Crippen LogP contribution in [0, 0.1) is 0 Å². The summed E-state index contributed by atoms with van der Waals surface area (Å²) < 4.78 is 11.2. The van der Waals surface area contributed by atoms with Crippen molar-refractivity contribution in [1.82, 2.24) is 0 Å². The molecule has 0 aromatic heterocycles. The van der Waals surface area contributed by atoms with Gasteiger partial charge in [0.2, 0.25) is 0 Å². The van der Waals surface area contributed by atoms with Crippen LogP contribution in [0.2, 0.25) is 0 Å². The quantitative estimate of drug-likeness (QED) is 0.369. The van der Waals surface area contributed by atoms with Gasteiger partial charge in [-0.1, -0.05) is 49.8 Å². The van der Waals surface area contributed by atoms with Gasteiger partial charge in [0.05, 0.1) is 12.7 Å². The molecule has 0 saturated heterocycles. The van der Waals surface area contributed by atoms with Crippen molar-refractivity contribution >= 4 is 5.78 Å². The van der Waals surface area contributed by atoms with Gasteiger partial charge in [-0.2, -0.15) is 0 Å². The predicted octanol–water partition coefficient (Wildman–Crippen LogP) is 3.88. The zero-order chi connectivity index (χ0) is 14.6. The van der Waals surface area contributed by atoms with Gasteiger partial charge < -0.3 is 9.47 Å². The van der Waals surface area contributed by atoms with Crippen LogP contribution < -0.4 is 0 Å². The maximum atomic E-state index is 10.8. The van der Waals surface area contributed by atoms with Crippen molar-refractivity contribution in [1.29, 1.82) is 0 Å². The van der Waals surface area contributed by atoms with Gasteiger partial charge in [0.1, 0.15) is 6.79 Å². The lowest BCUT2D eigenvalue weighted by atomic mass is 10.1. The summed E-state index contributed by atoms with van der Waals surface area (Å²) in [5, 5.41) is 0. The molecule has 0 N–H and O–H groups in total. The molecule has 110 valence electrons. The molecule has 0 unspecified atom stereocenters. The molecular weight excluding hydrogens is 252 g/mol. The first-order valence-electron chi connectivity index (χ1n) is 7.12. The molecular formula is C17H24O3. The summed E-state index contributed by atoms with van der Waals surface area (Å²) in [6.07, 6.45) is 6.36. The standard InChI is InChI=1S/C17H24O3/c1-3-8-17(12-7-9-15(2)18)20-14-19-13-16-10-5-4-6-11-16/h4-7,9-11,17H,3,8,12-14H2,1-2H3/b9-7+/t17-/m1/s1. The SMILES string of the molecule is CCC[C@H](C/C=C/C(C)=O)OCOCc1ccccc1. The smallest absolute Gasteiger partial charge is 0.152 e. The summed E-state index contributed by atoms with van der Waals surface area (Å²) in [5.41, 5.74) is 1.14. The molecule has 1 rings (SSSR count). The van der Waals surface area contributed by atoms with Crippen LogP contribution in [0.15, 0.2) is 42.5 Å². The number of ketones is 1. The minimum absolute atomic E-state index is 0.0700. The third kappa shape index (κ3) is 7.87. The number of rotatable bonds is 10. The minimum atomic E-state index is 0.0700. The highest BCUT2D eigenvalue weighted by molar-refractivity contribution is 5.87. The number of hydrogen-bond donors (Lipinski definition) is 0. The van der Waals surface area contributed by atoms with Gasteiger partial charge in [-0.05, 0) is 31.4 Å². The fourth-order valence-corrected chi connectivity index (χ4v) is 1.86. The van der Waals surface area contributed by atoms with Crippen LogP contribution in [0.25, 0.3) is 0 Å². The van der Waals surface area contributed by atoms with E-state index in [0.717, 1.165) is 24.8 Å². The average Bonchev–Trinajstić information content (AvgIpc) is 2.44. The lowest BCUT2D eigenvalue weighted by molar-refractivity contribution is -0.112. The topological polar surface area (TPSA) is 35.5 Å². The molecule has 0 heterocycles. The Morgan fingerprint density at radius 3 is 2.70 bits per heavy atom. The van der Waals surface area contributed by atoms with E-state index in [1.165, 1.54) is 0 Å². The number of allylic oxidation sites excluding steroid dienone is 1. The lowest BCUT2D eigenvalue weighted by Gasteiger charge is -2.15. The summed E-state index contributed by atoms with van der Waals surface area (Å²) in [7, 11) is 0. The van der Waals surface area contributed by atoms with Crippen molar-refractivity contribution in [3.63, 3.8) is 0 Å². The summed E-state index contributed by atoms with van der Waals surface area (Å²) in [4.78, 5) is 10.8. The van der Waals surface area contributed by atoms with Gasteiger partial charge >= 0.3 is 0 Å². The monoisotopic (exact) mass is 276 g/mol. The molecule has 1 aromatic rings. The van der Waals surface area contributed by atoms with Crippen molar-refractivity contribution in [3.8, 4) is 0 Å². The molecule has 0 aliphatic heterocycles. The predicted molar refractivity (Wildman–Crippen MR) is 80.3 cm³/mol. The van der Waals surface area contributed by atoms with Crippen LogP contribution in [0.4, 0.5) is 0 Å². The molecule has 0 saturated carbocycles. The zero-order valence-electron chi connectivity index (χ0n) is 12.4. The van der Waals surface area contributed by atoms with Gasteiger partial charge in [-0.25, -0.2) is 0 Å². The molecule has 1 aromatic carbocycles. The molecule has 0 aliphatic carbocycles. The van der Waals surface area contributed by atoms with E-state index in [1.807, 2.05) is 36.4 Å². The van der Waals surface area contributed by atoms with E-state index in [2.05, 4.69) is 6.92 Å². The number of hydrogen-bond acceptors (Lipinski definition) is 3. The summed E-state index contributed by atoms with van der Waals surface area (Å²) >= 11 is 0. The normalized spacial score (nSPS) is 12.7. The van der Waals surface area contributed by atoms with E-state index in [-0.39, 0.29) is 18.7 Å². The molecule has 20 heavy (non-hydrogen) atoms.